The number of pyridine rings is 1. The van der Waals surface area contributed by atoms with Crippen LogP contribution in [0.15, 0.2) is 67.5 Å². The summed E-state index contributed by atoms with van der Waals surface area (Å²) in [4.78, 5) is 23.8. The largest absolute Gasteiger partial charge is 0.424 e. The molecule has 2 aromatic carbocycles. The second-order valence-electron chi connectivity index (χ2n) is 9.12. The highest BCUT2D eigenvalue weighted by molar-refractivity contribution is 6.34. The van der Waals surface area contributed by atoms with E-state index in [0.29, 0.717) is 38.5 Å². The number of amides is 1. The van der Waals surface area contributed by atoms with Gasteiger partial charge in [0, 0.05) is 30.9 Å². The molecule has 0 fully saturated rings. The number of benzene rings is 2. The lowest BCUT2D eigenvalue weighted by atomic mass is 9.97. The van der Waals surface area contributed by atoms with E-state index in [0.717, 1.165) is 22.9 Å². The second-order valence-corrected chi connectivity index (χ2v) is 9.53. The number of aromatic nitrogens is 4. The fourth-order valence-corrected chi connectivity index (χ4v) is 4.88. The number of fused-ring (bicyclic) bond motifs is 1. The summed E-state index contributed by atoms with van der Waals surface area (Å²) in [6, 6.07) is 14.8. The number of nitrogens with two attached hydrogens (primary N) is 1. The van der Waals surface area contributed by atoms with Crippen LogP contribution in [0, 0.1) is 24.1 Å². The first-order chi connectivity index (χ1) is 19.7. The van der Waals surface area contributed by atoms with E-state index in [1.165, 1.54) is 19.2 Å². The number of carbonyl (C=O) groups is 1. The van der Waals surface area contributed by atoms with Gasteiger partial charge in [0.25, 0.3) is 0 Å². The van der Waals surface area contributed by atoms with E-state index in [-0.39, 0.29) is 30.0 Å². The van der Waals surface area contributed by atoms with E-state index in [2.05, 4.69) is 32.9 Å². The minimum absolute atomic E-state index is 0.0192. The van der Waals surface area contributed by atoms with Gasteiger partial charge in [-0.05, 0) is 42.3 Å². The predicted octanol–water partition coefficient (Wildman–Crippen LogP) is 5.85. The van der Waals surface area contributed by atoms with Crippen molar-refractivity contribution in [2.24, 2.45) is 7.05 Å². The summed E-state index contributed by atoms with van der Waals surface area (Å²) in [5.74, 6) is -0.116. The Labute approximate surface area is 239 Å². The normalized spacial score (nSPS) is 10.8. The summed E-state index contributed by atoms with van der Waals surface area (Å²) in [7, 11) is 1.83. The number of nitriles is 1. The number of hydrogen-bond acceptors (Lipinski definition) is 7. The maximum absolute atomic E-state index is 13.6. The third kappa shape index (κ3) is 5.18. The zero-order valence-corrected chi connectivity index (χ0v) is 22.8. The average Bonchev–Trinajstić information content (AvgIpc) is 3.28. The van der Waals surface area contributed by atoms with Crippen LogP contribution in [0.5, 0.6) is 11.8 Å². The van der Waals surface area contributed by atoms with Crippen molar-refractivity contribution in [3.63, 3.8) is 0 Å². The van der Waals surface area contributed by atoms with Gasteiger partial charge in [-0.2, -0.15) is 10.2 Å². The second kappa shape index (κ2) is 11.1. The molecule has 0 spiro atoms. The van der Waals surface area contributed by atoms with Crippen LogP contribution in [-0.2, 0) is 18.4 Å². The number of nitrogen functional groups attached to an aromatic ring is 1. The highest BCUT2D eigenvalue weighted by Crippen LogP contribution is 2.45. The Morgan fingerprint density at radius 1 is 1.24 bits per heavy atom. The van der Waals surface area contributed by atoms with Gasteiger partial charge >= 0.3 is 6.01 Å². The number of rotatable bonds is 7. The molecule has 0 atom stereocenters. The molecule has 5 rings (SSSR count). The lowest BCUT2D eigenvalue weighted by molar-refractivity contribution is -0.116. The van der Waals surface area contributed by atoms with Gasteiger partial charge < -0.3 is 20.4 Å². The van der Waals surface area contributed by atoms with Crippen LogP contribution in [0.25, 0.3) is 33.3 Å². The molecule has 0 aliphatic carbocycles. The summed E-state index contributed by atoms with van der Waals surface area (Å²) in [6.07, 6.45) is 3.70. The topological polar surface area (TPSA) is 132 Å². The highest BCUT2D eigenvalue weighted by atomic mass is 35.5. The number of anilines is 1. The van der Waals surface area contributed by atoms with E-state index in [1.54, 1.807) is 18.2 Å². The van der Waals surface area contributed by atoms with Crippen molar-refractivity contribution in [3.05, 3.63) is 95.2 Å². The fraction of sp³-hybridized carbons (Fsp3) is 0.100. The highest BCUT2D eigenvalue weighted by Gasteiger charge is 2.24. The molecule has 0 bridgehead atoms. The third-order valence-electron chi connectivity index (χ3n) is 6.55. The van der Waals surface area contributed by atoms with Crippen molar-refractivity contribution in [1.82, 2.24) is 24.8 Å². The summed E-state index contributed by atoms with van der Waals surface area (Å²) in [6.45, 7) is 5.26. The SMILES string of the molecule is C=CC(=O)NCc1ccc(-c2c(-c3ccc(Oc4ncc(F)c(C)n4)cc3)c3c(N)ncc(C#N)c3n2C)c(Cl)c1. The Kier molecular flexibility index (Phi) is 7.38. The van der Waals surface area contributed by atoms with Gasteiger partial charge in [-0.1, -0.05) is 42.4 Å². The van der Waals surface area contributed by atoms with Crippen LogP contribution in [-0.4, -0.2) is 25.4 Å². The fourth-order valence-electron chi connectivity index (χ4n) is 4.58. The molecule has 3 heterocycles. The van der Waals surface area contributed by atoms with E-state index in [1.807, 2.05) is 35.9 Å². The quantitative estimate of drug-likeness (QED) is 0.236. The molecular weight excluding hydrogens is 545 g/mol. The smallest absolute Gasteiger partial charge is 0.322 e. The molecule has 3 N–H and O–H groups in total. The first-order valence-electron chi connectivity index (χ1n) is 12.3. The van der Waals surface area contributed by atoms with Crippen molar-refractivity contribution in [2.45, 2.75) is 13.5 Å². The third-order valence-corrected chi connectivity index (χ3v) is 6.86. The molecule has 41 heavy (non-hydrogen) atoms. The molecule has 11 heteroatoms. The summed E-state index contributed by atoms with van der Waals surface area (Å²) >= 11 is 6.81. The number of ether oxygens (including phenoxy) is 1. The van der Waals surface area contributed by atoms with Gasteiger partial charge in [-0.3, -0.25) is 4.79 Å². The lowest BCUT2D eigenvalue weighted by Gasteiger charge is -2.13. The van der Waals surface area contributed by atoms with Crippen LogP contribution in [0.1, 0.15) is 16.8 Å². The molecule has 0 saturated heterocycles. The van der Waals surface area contributed by atoms with Crippen molar-refractivity contribution < 1.29 is 13.9 Å². The molecule has 0 aliphatic rings. The molecule has 0 unspecified atom stereocenters. The molecule has 204 valence electrons. The number of nitrogens with zero attached hydrogens (tertiary/aromatic N) is 5. The van der Waals surface area contributed by atoms with E-state index < -0.39 is 5.82 Å². The Bertz CT molecular complexity index is 1880. The van der Waals surface area contributed by atoms with Crippen LogP contribution < -0.4 is 15.8 Å². The number of halogens is 2. The average molecular weight is 568 g/mol. The maximum atomic E-state index is 13.6. The number of nitrogens with one attached hydrogen (secondary N) is 1. The molecular formula is C30H23ClFN7O2. The van der Waals surface area contributed by atoms with Crippen molar-refractivity contribution in [3.8, 4) is 40.2 Å². The molecule has 0 aliphatic heterocycles. The van der Waals surface area contributed by atoms with E-state index in [9.17, 15) is 14.4 Å². The zero-order valence-electron chi connectivity index (χ0n) is 22.1. The Morgan fingerprint density at radius 3 is 2.66 bits per heavy atom. The first-order valence-corrected chi connectivity index (χ1v) is 12.7. The van der Waals surface area contributed by atoms with Crippen molar-refractivity contribution >= 4 is 34.2 Å². The Hall–Kier alpha value is -5.27. The number of carbonyl (C=O) groups excluding carboxylic acids is 1. The summed E-state index contributed by atoms with van der Waals surface area (Å²) in [5.41, 5.74) is 11.2. The molecule has 0 radical (unpaired) electrons. The van der Waals surface area contributed by atoms with Gasteiger partial charge in [0.15, 0.2) is 5.82 Å². The van der Waals surface area contributed by atoms with Crippen molar-refractivity contribution in [2.75, 3.05) is 5.73 Å². The Morgan fingerprint density at radius 2 is 2.00 bits per heavy atom. The summed E-state index contributed by atoms with van der Waals surface area (Å²) < 4.78 is 21.2. The van der Waals surface area contributed by atoms with Gasteiger partial charge in [0.1, 0.15) is 17.6 Å². The summed E-state index contributed by atoms with van der Waals surface area (Å²) in [5, 5.41) is 13.6. The first kappa shape index (κ1) is 27.3. The minimum atomic E-state index is -0.521. The van der Waals surface area contributed by atoms with Gasteiger partial charge in [0.2, 0.25) is 5.91 Å². The van der Waals surface area contributed by atoms with Gasteiger partial charge in [-0.15, -0.1) is 0 Å². The molecule has 0 saturated carbocycles. The monoisotopic (exact) mass is 567 g/mol. The molecule has 9 nitrogen and oxygen atoms in total. The predicted molar refractivity (Wildman–Crippen MR) is 155 cm³/mol. The zero-order chi connectivity index (χ0) is 29.3. The van der Waals surface area contributed by atoms with E-state index in [4.69, 9.17) is 22.1 Å². The number of aryl methyl sites for hydroxylation is 2. The van der Waals surface area contributed by atoms with Crippen LogP contribution >= 0.6 is 11.6 Å². The van der Waals surface area contributed by atoms with Crippen LogP contribution in [0.2, 0.25) is 5.02 Å². The van der Waals surface area contributed by atoms with Crippen molar-refractivity contribution in [1.29, 1.82) is 5.26 Å². The van der Waals surface area contributed by atoms with Gasteiger partial charge in [0.05, 0.1) is 39.1 Å². The number of hydrogen-bond donors (Lipinski definition) is 2. The van der Waals surface area contributed by atoms with E-state index >= 15 is 0 Å². The van der Waals surface area contributed by atoms with Gasteiger partial charge in [-0.25, -0.2) is 14.4 Å². The maximum Gasteiger partial charge on any atom is 0.322 e. The Balaban J connectivity index is 1.64. The minimum Gasteiger partial charge on any atom is -0.424 e. The molecule has 1 amide bonds. The molecule has 3 aromatic heterocycles. The van der Waals surface area contributed by atoms with Crippen LogP contribution in [0.4, 0.5) is 10.2 Å². The van der Waals surface area contributed by atoms with Crippen LogP contribution in [0.3, 0.4) is 0 Å². The lowest BCUT2D eigenvalue weighted by Crippen LogP contribution is -2.19. The molecule has 5 aromatic rings. The standard InChI is InChI=1S/C30H23ClFN7O2/c1-4-24(40)35-13-17-5-10-21(22(31)11-17)28-25(26-27(39(28)3)19(12-33)14-36-29(26)34)18-6-8-20(9-7-18)41-30-37-15-23(32)16(2)38-30/h4-11,14-15H,1,13H2,2-3H3,(H2,34,36)(H,35,40).